The number of aryl methyl sites for hydroxylation is 1. The van der Waals surface area contributed by atoms with Gasteiger partial charge in [0, 0.05) is 19.3 Å². The third-order valence-electron chi connectivity index (χ3n) is 2.68. The maximum atomic E-state index is 11.4. The molecule has 1 unspecified atom stereocenters. The van der Waals surface area contributed by atoms with Gasteiger partial charge in [-0.25, -0.2) is 0 Å². The average Bonchev–Trinajstić information content (AvgIpc) is 2.35. The van der Waals surface area contributed by atoms with E-state index in [1.807, 2.05) is 6.07 Å². The van der Waals surface area contributed by atoms with Crippen LogP contribution in [0.5, 0.6) is 5.75 Å². The molecule has 0 fully saturated rings. The maximum Gasteiger partial charge on any atom is 0.223 e. The number of nitrogens with zero attached hydrogens (tertiary/aromatic N) is 1. The van der Waals surface area contributed by atoms with E-state index in [-0.39, 0.29) is 5.69 Å². The Labute approximate surface area is 98.4 Å². The Morgan fingerprint density at radius 2 is 1.82 bits per heavy atom. The van der Waals surface area contributed by atoms with Crippen molar-refractivity contribution in [3.05, 3.63) is 64.1 Å². The summed E-state index contributed by atoms with van der Waals surface area (Å²) < 4.78 is 1.54. The van der Waals surface area contributed by atoms with Crippen molar-refractivity contribution in [2.45, 2.75) is 6.10 Å². The molecule has 0 aliphatic heterocycles. The molecule has 1 aromatic heterocycles. The number of rotatable bonds is 2. The van der Waals surface area contributed by atoms with Crippen LogP contribution < -0.4 is 5.43 Å². The predicted molar refractivity (Wildman–Crippen MR) is 63.9 cm³/mol. The molecule has 1 atom stereocenters. The Morgan fingerprint density at radius 1 is 1.18 bits per heavy atom. The lowest BCUT2D eigenvalue weighted by Crippen LogP contribution is -2.14. The van der Waals surface area contributed by atoms with E-state index < -0.39 is 17.3 Å². The van der Waals surface area contributed by atoms with E-state index in [1.54, 1.807) is 31.3 Å². The van der Waals surface area contributed by atoms with Crippen LogP contribution in [0.3, 0.4) is 0 Å². The van der Waals surface area contributed by atoms with Gasteiger partial charge in [-0.15, -0.1) is 0 Å². The first-order valence-corrected chi connectivity index (χ1v) is 5.22. The van der Waals surface area contributed by atoms with Gasteiger partial charge in [0.25, 0.3) is 0 Å². The lowest BCUT2D eigenvalue weighted by molar-refractivity contribution is 0.204. The first-order valence-electron chi connectivity index (χ1n) is 5.22. The molecule has 2 rings (SSSR count). The minimum Gasteiger partial charge on any atom is -0.503 e. The minimum atomic E-state index is -1.02. The van der Waals surface area contributed by atoms with Crippen molar-refractivity contribution in [2.75, 3.05) is 0 Å². The van der Waals surface area contributed by atoms with Gasteiger partial charge in [0.15, 0.2) is 5.75 Å². The van der Waals surface area contributed by atoms with Crippen molar-refractivity contribution >= 4 is 0 Å². The topological polar surface area (TPSA) is 62.5 Å². The Morgan fingerprint density at radius 3 is 2.47 bits per heavy atom. The second-order valence-electron chi connectivity index (χ2n) is 3.84. The van der Waals surface area contributed by atoms with Crippen LogP contribution in [-0.2, 0) is 7.05 Å². The van der Waals surface area contributed by atoms with Gasteiger partial charge in [0.2, 0.25) is 5.43 Å². The zero-order valence-corrected chi connectivity index (χ0v) is 9.37. The van der Waals surface area contributed by atoms with Crippen LogP contribution in [0.2, 0.25) is 0 Å². The molecule has 0 aliphatic carbocycles. The standard InChI is InChI=1S/C13H13NO3/c1-14-8-7-10(15)13(17)11(14)12(16)9-5-3-2-4-6-9/h2-8,12,16-17H,1H3. The van der Waals surface area contributed by atoms with Gasteiger partial charge in [-0.1, -0.05) is 30.3 Å². The molecule has 0 aliphatic rings. The smallest absolute Gasteiger partial charge is 0.223 e. The van der Waals surface area contributed by atoms with E-state index in [1.165, 1.54) is 16.8 Å². The highest BCUT2D eigenvalue weighted by Crippen LogP contribution is 2.25. The highest BCUT2D eigenvalue weighted by Gasteiger charge is 2.18. The normalized spacial score (nSPS) is 12.4. The molecule has 88 valence electrons. The van der Waals surface area contributed by atoms with E-state index in [2.05, 4.69) is 0 Å². The maximum absolute atomic E-state index is 11.4. The van der Waals surface area contributed by atoms with E-state index in [0.717, 1.165) is 0 Å². The molecular formula is C13H13NO3. The molecule has 2 aromatic rings. The lowest BCUT2D eigenvalue weighted by Gasteiger charge is -2.16. The zero-order valence-electron chi connectivity index (χ0n) is 9.37. The quantitative estimate of drug-likeness (QED) is 0.815. The summed E-state index contributed by atoms with van der Waals surface area (Å²) in [4.78, 5) is 11.4. The van der Waals surface area contributed by atoms with Gasteiger partial charge in [-0.3, -0.25) is 4.79 Å². The summed E-state index contributed by atoms with van der Waals surface area (Å²) >= 11 is 0. The summed E-state index contributed by atoms with van der Waals surface area (Å²) in [6.07, 6.45) is 0.499. The Balaban J connectivity index is 2.55. The number of hydrogen-bond acceptors (Lipinski definition) is 3. The Hall–Kier alpha value is -2.07. The molecule has 0 amide bonds. The van der Waals surface area contributed by atoms with Crippen molar-refractivity contribution in [1.29, 1.82) is 0 Å². The molecule has 4 heteroatoms. The largest absolute Gasteiger partial charge is 0.503 e. The molecule has 1 heterocycles. The molecule has 0 spiro atoms. The summed E-state index contributed by atoms with van der Waals surface area (Å²) in [5.74, 6) is -0.411. The van der Waals surface area contributed by atoms with Gasteiger partial charge < -0.3 is 14.8 Å². The molecule has 0 radical (unpaired) electrons. The second-order valence-corrected chi connectivity index (χ2v) is 3.84. The number of aliphatic hydroxyl groups is 1. The van der Waals surface area contributed by atoms with Gasteiger partial charge >= 0.3 is 0 Å². The van der Waals surface area contributed by atoms with Crippen LogP contribution in [0.15, 0.2) is 47.4 Å². The first-order chi connectivity index (χ1) is 8.11. The third kappa shape index (κ3) is 2.07. The van der Waals surface area contributed by atoms with Crippen molar-refractivity contribution in [3.63, 3.8) is 0 Å². The lowest BCUT2D eigenvalue weighted by atomic mass is 10.1. The number of pyridine rings is 1. The van der Waals surface area contributed by atoms with Crippen LogP contribution in [0.25, 0.3) is 0 Å². The Kier molecular flexibility index (Phi) is 2.97. The molecule has 0 bridgehead atoms. The Bertz CT molecular complexity index is 575. The number of aromatic nitrogens is 1. The molecular weight excluding hydrogens is 218 g/mol. The number of benzene rings is 1. The van der Waals surface area contributed by atoms with Gasteiger partial charge in [0.1, 0.15) is 6.10 Å². The van der Waals surface area contributed by atoms with Gasteiger partial charge in [-0.05, 0) is 5.56 Å². The SMILES string of the molecule is Cn1ccc(=O)c(O)c1C(O)c1ccccc1. The zero-order chi connectivity index (χ0) is 12.4. The fourth-order valence-corrected chi connectivity index (χ4v) is 1.75. The third-order valence-corrected chi connectivity index (χ3v) is 2.68. The van der Waals surface area contributed by atoms with E-state index >= 15 is 0 Å². The monoisotopic (exact) mass is 231 g/mol. The van der Waals surface area contributed by atoms with E-state index in [4.69, 9.17) is 0 Å². The van der Waals surface area contributed by atoms with Crippen LogP contribution >= 0.6 is 0 Å². The van der Waals surface area contributed by atoms with Crippen molar-refractivity contribution < 1.29 is 10.2 Å². The van der Waals surface area contributed by atoms with Crippen molar-refractivity contribution in [1.82, 2.24) is 4.57 Å². The van der Waals surface area contributed by atoms with E-state index in [9.17, 15) is 15.0 Å². The minimum absolute atomic E-state index is 0.198. The van der Waals surface area contributed by atoms with Crippen LogP contribution in [0.4, 0.5) is 0 Å². The summed E-state index contributed by atoms with van der Waals surface area (Å²) in [7, 11) is 1.67. The number of hydrogen-bond donors (Lipinski definition) is 2. The molecule has 0 saturated heterocycles. The summed E-state index contributed by atoms with van der Waals surface area (Å²) in [6, 6.07) is 10.1. The molecule has 17 heavy (non-hydrogen) atoms. The van der Waals surface area contributed by atoms with Gasteiger partial charge in [0.05, 0.1) is 5.69 Å². The number of aromatic hydroxyl groups is 1. The fraction of sp³-hybridized carbons (Fsp3) is 0.154. The summed E-state index contributed by atoms with van der Waals surface area (Å²) in [5, 5.41) is 19.9. The fourth-order valence-electron chi connectivity index (χ4n) is 1.75. The molecule has 4 nitrogen and oxygen atoms in total. The number of aliphatic hydroxyl groups excluding tert-OH is 1. The average molecular weight is 231 g/mol. The highest BCUT2D eigenvalue weighted by molar-refractivity contribution is 5.35. The highest BCUT2D eigenvalue weighted by atomic mass is 16.3. The molecule has 2 N–H and O–H groups in total. The second kappa shape index (κ2) is 4.43. The van der Waals surface area contributed by atoms with Gasteiger partial charge in [-0.2, -0.15) is 0 Å². The van der Waals surface area contributed by atoms with E-state index in [0.29, 0.717) is 5.56 Å². The van der Waals surface area contributed by atoms with Crippen LogP contribution in [0, 0.1) is 0 Å². The summed E-state index contributed by atoms with van der Waals surface area (Å²) in [6.45, 7) is 0. The van der Waals surface area contributed by atoms with Crippen molar-refractivity contribution in [2.24, 2.45) is 7.05 Å². The van der Waals surface area contributed by atoms with Crippen LogP contribution in [0.1, 0.15) is 17.4 Å². The van der Waals surface area contributed by atoms with Crippen molar-refractivity contribution in [3.8, 4) is 5.75 Å². The summed E-state index contributed by atoms with van der Waals surface area (Å²) in [5.41, 5.74) is 0.334. The predicted octanol–water partition coefficient (Wildman–Crippen LogP) is 1.17. The molecule has 1 aromatic carbocycles. The molecule has 0 saturated carbocycles. The first kappa shape index (κ1) is 11.4. The van der Waals surface area contributed by atoms with Crippen LogP contribution in [-0.4, -0.2) is 14.8 Å².